The SMILES string of the molecule is CCOc1ccc(N)c(NC(C)(C)CC(C)(C)C)c1. The number of rotatable bonds is 5. The highest BCUT2D eigenvalue weighted by atomic mass is 16.5. The van der Waals surface area contributed by atoms with E-state index in [9.17, 15) is 0 Å². The van der Waals surface area contributed by atoms with Gasteiger partial charge in [0.25, 0.3) is 0 Å². The van der Waals surface area contributed by atoms with Gasteiger partial charge in [-0.3, -0.25) is 0 Å². The summed E-state index contributed by atoms with van der Waals surface area (Å²) in [5, 5.41) is 3.54. The molecule has 0 amide bonds. The van der Waals surface area contributed by atoms with E-state index in [0.717, 1.165) is 23.5 Å². The van der Waals surface area contributed by atoms with Gasteiger partial charge in [0.1, 0.15) is 5.75 Å². The number of nitrogen functional groups attached to an aromatic ring is 1. The maximum Gasteiger partial charge on any atom is 0.121 e. The van der Waals surface area contributed by atoms with Crippen LogP contribution in [0.1, 0.15) is 48.0 Å². The van der Waals surface area contributed by atoms with Crippen molar-refractivity contribution in [2.24, 2.45) is 5.41 Å². The number of benzene rings is 1. The molecule has 0 radical (unpaired) electrons. The maximum atomic E-state index is 6.04. The molecule has 0 saturated heterocycles. The van der Waals surface area contributed by atoms with Gasteiger partial charge in [-0.1, -0.05) is 20.8 Å². The summed E-state index contributed by atoms with van der Waals surface area (Å²) in [6, 6.07) is 5.77. The predicted molar refractivity (Wildman–Crippen MR) is 83.8 cm³/mol. The molecule has 0 atom stereocenters. The second-order valence-electron chi connectivity index (χ2n) is 6.93. The van der Waals surface area contributed by atoms with Crippen molar-refractivity contribution in [1.29, 1.82) is 0 Å². The third-order valence-corrected chi connectivity index (χ3v) is 2.78. The monoisotopic (exact) mass is 264 g/mol. The Balaban J connectivity index is 2.88. The fourth-order valence-corrected chi connectivity index (χ4v) is 2.63. The van der Waals surface area contributed by atoms with Crippen LogP contribution in [0, 0.1) is 5.41 Å². The van der Waals surface area contributed by atoms with Gasteiger partial charge in [-0.2, -0.15) is 0 Å². The summed E-state index contributed by atoms with van der Waals surface area (Å²) in [7, 11) is 0. The highest BCUT2D eigenvalue weighted by Gasteiger charge is 2.25. The molecule has 0 bridgehead atoms. The van der Waals surface area contributed by atoms with Crippen molar-refractivity contribution in [3.05, 3.63) is 18.2 Å². The molecule has 3 N–H and O–H groups in total. The summed E-state index contributed by atoms with van der Waals surface area (Å²) in [5.41, 5.74) is 7.99. The van der Waals surface area contributed by atoms with Crippen LogP contribution < -0.4 is 15.8 Å². The van der Waals surface area contributed by atoms with E-state index in [0.29, 0.717) is 6.61 Å². The number of ether oxygens (including phenoxy) is 1. The van der Waals surface area contributed by atoms with Crippen LogP contribution in [0.5, 0.6) is 5.75 Å². The van der Waals surface area contributed by atoms with Gasteiger partial charge in [0.15, 0.2) is 0 Å². The zero-order valence-electron chi connectivity index (χ0n) is 13.1. The molecule has 0 saturated carbocycles. The Kier molecular flexibility index (Phi) is 4.72. The van der Waals surface area contributed by atoms with Gasteiger partial charge in [0, 0.05) is 11.6 Å². The maximum absolute atomic E-state index is 6.04. The van der Waals surface area contributed by atoms with Crippen LogP contribution in [0.15, 0.2) is 18.2 Å². The van der Waals surface area contributed by atoms with Crippen molar-refractivity contribution in [2.75, 3.05) is 17.7 Å². The average molecular weight is 264 g/mol. The van der Waals surface area contributed by atoms with Crippen LogP contribution >= 0.6 is 0 Å². The number of nitrogens with one attached hydrogen (secondary N) is 1. The van der Waals surface area contributed by atoms with Crippen molar-refractivity contribution >= 4 is 11.4 Å². The Hall–Kier alpha value is -1.38. The molecule has 0 unspecified atom stereocenters. The van der Waals surface area contributed by atoms with E-state index in [4.69, 9.17) is 10.5 Å². The van der Waals surface area contributed by atoms with Crippen LogP contribution in [0.3, 0.4) is 0 Å². The second-order valence-corrected chi connectivity index (χ2v) is 6.93. The number of hydrogen-bond acceptors (Lipinski definition) is 3. The normalized spacial score (nSPS) is 12.3. The van der Waals surface area contributed by atoms with Crippen molar-refractivity contribution in [3.8, 4) is 5.75 Å². The predicted octanol–water partition coefficient (Wildman–Crippen LogP) is 4.29. The zero-order valence-corrected chi connectivity index (χ0v) is 13.1. The standard InChI is InChI=1S/C16H28N2O/c1-7-19-12-8-9-13(17)14(10-12)18-16(5,6)11-15(2,3)4/h8-10,18H,7,11,17H2,1-6H3. The Bertz CT molecular complexity index is 419. The molecule has 0 spiro atoms. The van der Waals surface area contributed by atoms with E-state index in [1.165, 1.54) is 0 Å². The van der Waals surface area contributed by atoms with Gasteiger partial charge < -0.3 is 15.8 Å². The van der Waals surface area contributed by atoms with Crippen LogP contribution in [0.4, 0.5) is 11.4 Å². The second kappa shape index (κ2) is 5.72. The van der Waals surface area contributed by atoms with Gasteiger partial charge in [-0.05, 0) is 44.7 Å². The van der Waals surface area contributed by atoms with Crippen molar-refractivity contribution < 1.29 is 4.74 Å². The molecule has 0 aliphatic carbocycles. The van der Waals surface area contributed by atoms with E-state index in [2.05, 4.69) is 39.9 Å². The molecule has 19 heavy (non-hydrogen) atoms. The van der Waals surface area contributed by atoms with E-state index < -0.39 is 0 Å². The molecule has 0 aliphatic heterocycles. The first kappa shape index (κ1) is 15.7. The summed E-state index contributed by atoms with van der Waals surface area (Å²) >= 11 is 0. The van der Waals surface area contributed by atoms with Crippen LogP contribution in [0.2, 0.25) is 0 Å². The number of hydrogen-bond donors (Lipinski definition) is 2. The highest BCUT2D eigenvalue weighted by Crippen LogP contribution is 2.33. The Labute approximate surface area is 117 Å². The highest BCUT2D eigenvalue weighted by molar-refractivity contribution is 5.69. The van der Waals surface area contributed by atoms with E-state index in [1.54, 1.807) is 0 Å². The minimum atomic E-state index is -0.0167. The Morgan fingerprint density at radius 2 is 1.79 bits per heavy atom. The van der Waals surface area contributed by atoms with Gasteiger partial charge in [-0.25, -0.2) is 0 Å². The van der Waals surface area contributed by atoms with Gasteiger partial charge >= 0.3 is 0 Å². The number of nitrogens with two attached hydrogens (primary N) is 1. The Morgan fingerprint density at radius 3 is 2.32 bits per heavy atom. The molecule has 1 aromatic carbocycles. The van der Waals surface area contributed by atoms with E-state index in [-0.39, 0.29) is 11.0 Å². The smallest absolute Gasteiger partial charge is 0.121 e. The molecule has 3 nitrogen and oxygen atoms in total. The van der Waals surface area contributed by atoms with Crippen LogP contribution in [-0.4, -0.2) is 12.1 Å². The van der Waals surface area contributed by atoms with Gasteiger partial charge in [0.2, 0.25) is 0 Å². The van der Waals surface area contributed by atoms with E-state index in [1.807, 2.05) is 25.1 Å². The quantitative estimate of drug-likeness (QED) is 0.780. The molecular formula is C16H28N2O. The molecule has 0 aromatic heterocycles. The summed E-state index contributed by atoms with van der Waals surface area (Å²) in [5.74, 6) is 0.853. The van der Waals surface area contributed by atoms with Crippen LogP contribution in [-0.2, 0) is 0 Å². The lowest BCUT2D eigenvalue weighted by atomic mass is 9.81. The van der Waals surface area contributed by atoms with Gasteiger partial charge in [-0.15, -0.1) is 0 Å². The number of anilines is 2. The molecule has 0 heterocycles. The summed E-state index contributed by atoms with van der Waals surface area (Å²) in [6.45, 7) is 13.8. The summed E-state index contributed by atoms with van der Waals surface area (Å²) < 4.78 is 5.52. The van der Waals surface area contributed by atoms with Crippen molar-refractivity contribution in [1.82, 2.24) is 0 Å². The molecular weight excluding hydrogens is 236 g/mol. The molecule has 0 aliphatic rings. The molecule has 108 valence electrons. The van der Waals surface area contributed by atoms with Crippen molar-refractivity contribution in [2.45, 2.75) is 53.5 Å². The third-order valence-electron chi connectivity index (χ3n) is 2.78. The summed E-state index contributed by atoms with van der Waals surface area (Å²) in [6.07, 6.45) is 1.05. The topological polar surface area (TPSA) is 47.3 Å². The fourth-order valence-electron chi connectivity index (χ4n) is 2.63. The lowest BCUT2D eigenvalue weighted by Crippen LogP contribution is -2.35. The fraction of sp³-hybridized carbons (Fsp3) is 0.625. The minimum Gasteiger partial charge on any atom is -0.494 e. The van der Waals surface area contributed by atoms with Gasteiger partial charge in [0.05, 0.1) is 18.0 Å². The lowest BCUT2D eigenvalue weighted by molar-refractivity contribution is 0.302. The first-order chi connectivity index (χ1) is 8.63. The first-order valence-corrected chi connectivity index (χ1v) is 6.93. The lowest BCUT2D eigenvalue weighted by Gasteiger charge is -2.34. The molecule has 1 rings (SSSR count). The third kappa shape index (κ3) is 5.41. The zero-order chi connectivity index (χ0) is 14.7. The molecule has 1 aromatic rings. The van der Waals surface area contributed by atoms with Crippen LogP contribution in [0.25, 0.3) is 0 Å². The van der Waals surface area contributed by atoms with Crippen molar-refractivity contribution in [3.63, 3.8) is 0 Å². The average Bonchev–Trinajstić information content (AvgIpc) is 2.19. The first-order valence-electron chi connectivity index (χ1n) is 6.93. The molecule has 0 fully saturated rings. The Morgan fingerprint density at radius 1 is 1.16 bits per heavy atom. The minimum absolute atomic E-state index is 0.0167. The summed E-state index contributed by atoms with van der Waals surface area (Å²) in [4.78, 5) is 0. The van der Waals surface area contributed by atoms with E-state index >= 15 is 0 Å². The largest absolute Gasteiger partial charge is 0.494 e. The molecule has 3 heteroatoms.